The summed E-state index contributed by atoms with van der Waals surface area (Å²) in [6, 6.07) is 0.603. The number of nitrogens with one attached hydrogen (secondary N) is 1. The Kier molecular flexibility index (Phi) is 6.39. The van der Waals surface area contributed by atoms with E-state index in [1.807, 2.05) is 0 Å². The van der Waals surface area contributed by atoms with E-state index in [1.54, 1.807) is 0 Å². The number of piperazine rings is 1. The maximum Gasteiger partial charge on any atom is 0.225 e. The average molecular weight is 276 g/mol. The highest BCUT2D eigenvalue weighted by molar-refractivity contribution is 5.85. The lowest BCUT2D eigenvalue weighted by Crippen LogP contribution is -2.52. The molecule has 2 rings (SSSR count). The van der Waals surface area contributed by atoms with Gasteiger partial charge >= 0.3 is 0 Å². The number of amides is 1. The first-order chi connectivity index (χ1) is 8.18. The van der Waals surface area contributed by atoms with Crippen LogP contribution in [0.3, 0.4) is 0 Å². The number of hydrogen-bond donors (Lipinski definition) is 1. The molecule has 2 aliphatic rings. The molecule has 0 bridgehead atoms. The van der Waals surface area contributed by atoms with Crippen molar-refractivity contribution >= 4 is 18.3 Å². The molecule has 0 atom stereocenters. The summed E-state index contributed by atoms with van der Waals surface area (Å²) >= 11 is 0. The number of nitrogens with zero attached hydrogens (tertiary/aromatic N) is 2. The predicted molar refractivity (Wildman–Crippen MR) is 76.1 cm³/mol. The molecule has 0 saturated carbocycles. The molecule has 1 amide bonds. The SMILES string of the molecule is CC(C)N1CCN(C(=O)C2CCNCC2)CC1.Cl. The van der Waals surface area contributed by atoms with Crippen molar-refractivity contribution in [1.82, 2.24) is 15.1 Å². The van der Waals surface area contributed by atoms with Gasteiger partial charge in [-0.2, -0.15) is 0 Å². The van der Waals surface area contributed by atoms with Gasteiger partial charge in [0.1, 0.15) is 0 Å². The highest BCUT2D eigenvalue weighted by Crippen LogP contribution is 2.17. The van der Waals surface area contributed by atoms with Gasteiger partial charge in [-0.05, 0) is 39.8 Å². The van der Waals surface area contributed by atoms with Crippen LogP contribution in [-0.4, -0.2) is 61.0 Å². The molecule has 0 radical (unpaired) electrons. The highest BCUT2D eigenvalue weighted by Gasteiger charge is 2.28. The van der Waals surface area contributed by atoms with Gasteiger partial charge in [-0.25, -0.2) is 0 Å². The second-order valence-corrected chi connectivity index (χ2v) is 5.48. The summed E-state index contributed by atoms with van der Waals surface area (Å²) in [5.41, 5.74) is 0. The number of piperidine rings is 1. The molecule has 0 spiro atoms. The number of hydrogen-bond acceptors (Lipinski definition) is 3. The van der Waals surface area contributed by atoms with Gasteiger partial charge in [0.05, 0.1) is 0 Å². The van der Waals surface area contributed by atoms with Crippen LogP contribution in [0.1, 0.15) is 26.7 Å². The van der Waals surface area contributed by atoms with Gasteiger partial charge < -0.3 is 10.2 Å². The van der Waals surface area contributed by atoms with Crippen molar-refractivity contribution in [1.29, 1.82) is 0 Å². The van der Waals surface area contributed by atoms with Crippen molar-refractivity contribution in [3.05, 3.63) is 0 Å². The zero-order valence-corrected chi connectivity index (χ0v) is 12.3. The average Bonchev–Trinajstić information content (AvgIpc) is 2.39. The van der Waals surface area contributed by atoms with Crippen LogP contribution >= 0.6 is 12.4 Å². The minimum atomic E-state index is 0. The summed E-state index contributed by atoms with van der Waals surface area (Å²) in [7, 11) is 0. The fourth-order valence-corrected chi connectivity index (χ4v) is 2.79. The molecule has 0 unspecified atom stereocenters. The zero-order chi connectivity index (χ0) is 12.3. The Hall–Kier alpha value is -0.320. The highest BCUT2D eigenvalue weighted by atomic mass is 35.5. The van der Waals surface area contributed by atoms with Gasteiger partial charge in [0, 0.05) is 38.1 Å². The lowest BCUT2D eigenvalue weighted by Gasteiger charge is -2.38. The maximum atomic E-state index is 12.3. The summed E-state index contributed by atoms with van der Waals surface area (Å²) in [6.45, 7) is 10.4. The maximum absolute atomic E-state index is 12.3. The van der Waals surface area contributed by atoms with Gasteiger partial charge in [0.15, 0.2) is 0 Å². The molecule has 0 aliphatic carbocycles. The largest absolute Gasteiger partial charge is 0.340 e. The third-order valence-electron chi connectivity index (χ3n) is 4.04. The molecular weight excluding hydrogens is 250 g/mol. The molecule has 106 valence electrons. The van der Waals surface area contributed by atoms with Crippen LogP contribution in [0.2, 0.25) is 0 Å². The molecule has 18 heavy (non-hydrogen) atoms. The minimum absolute atomic E-state index is 0. The van der Waals surface area contributed by atoms with Gasteiger partial charge in [-0.15, -0.1) is 12.4 Å². The summed E-state index contributed by atoms with van der Waals surface area (Å²) < 4.78 is 0. The number of halogens is 1. The normalized spacial score (nSPS) is 22.9. The van der Waals surface area contributed by atoms with Crippen LogP contribution < -0.4 is 5.32 Å². The molecular formula is C13H26ClN3O. The fourth-order valence-electron chi connectivity index (χ4n) is 2.79. The van der Waals surface area contributed by atoms with Crippen molar-refractivity contribution in [2.45, 2.75) is 32.7 Å². The third kappa shape index (κ3) is 3.84. The Morgan fingerprint density at radius 2 is 1.67 bits per heavy atom. The second-order valence-electron chi connectivity index (χ2n) is 5.48. The third-order valence-corrected chi connectivity index (χ3v) is 4.04. The van der Waals surface area contributed by atoms with Crippen molar-refractivity contribution in [3.8, 4) is 0 Å². The van der Waals surface area contributed by atoms with Crippen LogP contribution in [0.4, 0.5) is 0 Å². The second kappa shape index (κ2) is 7.31. The van der Waals surface area contributed by atoms with Crippen LogP contribution in [0.5, 0.6) is 0 Å². The first-order valence-corrected chi connectivity index (χ1v) is 6.92. The smallest absolute Gasteiger partial charge is 0.225 e. The number of carbonyl (C=O) groups excluding carboxylic acids is 1. The first kappa shape index (κ1) is 15.7. The lowest BCUT2D eigenvalue weighted by atomic mass is 9.96. The van der Waals surface area contributed by atoms with E-state index in [1.165, 1.54) is 0 Å². The van der Waals surface area contributed by atoms with Gasteiger partial charge in [0.2, 0.25) is 5.91 Å². The molecule has 2 saturated heterocycles. The van der Waals surface area contributed by atoms with Gasteiger partial charge in [-0.1, -0.05) is 0 Å². The molecule has 5 heteroatoms. The van der Waals surface area contributed by atoms with Gasteiger partial charge in [-0.3, -0.25) is 9.69 Å². The molecule has 0 aromatic rings. The fraction of sp³-hybridized carbons (Fsp3) is 0.923. The van der Waals surface area contributed by atoms with Crippen LogP contribution in [0, 0.1) is 5.92 Å². The molecule has 4 nitrogen and oxygen atoms in total. The van der Waals surface area contributed by atoms with E-state index in [4.69, 9.17) is 0 Å². The molecule has 0 aromatic carbocycles. The van der Waals surface area contributed by atoms with Crippen LogP contribution in [-0.2, 0) is 4.79 Å². The summed E-state index contributed by atoms with van der Waals surface area (Å²) in [4.78, 5) is 16.8. The standard InChI is InChI=1S/C13H25N3O.ClH/c1-11(2)15-7-9-16(10-8-15)13(17)12-3-5-14-6-4-12;/h11-12,14H,3-10H2,1-2H3;1H. The Morgan fingerprint density at radius 3 is 2.17 bits per heavy atom. The summed E-state index contributed by atoms with van der Waals surface area (Å²) in [5.74, 6) is 0.678. The van der Waals surface area contributed by atoms with E-state index in [-0.39, 0.29) is 18.3 Å². The molecule has 2 aliphatic heterocycles. The van der Waals surface area contributed by atoms with E-state index in [0.717, 1.165) is 52.1 Å². The molecule has 1 N–H and O–H groups in total. The van der Waals surface area contributed by atoms with Crippen LogP contribution in [0.15, 0.2) is 0 Å². The first-order valence-electron chi connectivity index (χ1n) is 6.92. The Bertz CT molecular complexity index is 259. The van der Waals surface area contributed by atoms with E-state index >= 15 is 0 Å². The minimum Gasteiger partial charge on any atom is -0.340 e. The van der Waals surface area contributed by atoms with Gasteiger partial charge in [0.25, 0.3) is 0 Å². The molecule has 2 fully saturated rings. The van der Waals surface area contributed by atoms with Crippen LogP contribution in [0.25, 0.3) is 0 Å². The Morgan fingerprint density at radius 1 is 1.11 bits per heavy atom. The van der Waals surface area contributed by atoms with Crippen molar-refractivity contribution in [2.24, 2.45) is 5.92 Å². The lowest BCUT2D eigenvalue weighted by molar-refractivity contribution is -0.138. The molecule has 0 aromatic heterocycles. The van der Waals surface area contributed by atoms with Crippen molar-refractivity contribution in [2.75, 3.05) is 39.3 Å². The molecule has 2 heterocycles. The topological polar surface area (TPSA) is 35.6 Å². The Balaban J connectivity index is 0.00000162. The monoisotopic (exact) mass is 275 g/mol. The van der Waals surface area contributed by atoms with Crippen molar-refractivity contribution < 1.29 is 4.79 Å². The van der Waals surface area contributed by atoms with E-state index in [9.17, 15) is 4.79 Å². The zero-order valence-electron chi connectivity index (χ0n) is 11.5. The Labute approximate surface area is 116 Å². The number of carbonyl (C=O) groups is 1. The predicted octanol–water partition coefficient (Wildman–Crippen LogP) is 0.960. The van der Waals surface area contributed by atoms with E-state index < -0.39 is 0 Å². The van der Waals surface area contributed by atoms with Crippen molar-refractivity contribution in [3.63, 3.8) is 0 Å². The quantitative estimate of drug-likeness (QED) is 0.816. The van der Waals surface area contributed by atoms with E-state index in [2.05, 4.69) is 29.0 Å². The summed E-state index contributed by atoms with van der Waals surface area (Å²) in [5, 5.41) is 3.32. The number of rotatable bonds is 2. The van der Waals surface area contributed by atoms with E-state index in [0.29, 0.717) is 11.9 Å². The summed E-state index contributed by atoms with van der Waals surface area (Å²) in [6.07, 6.45) is 2.03.